The molecule has 0 radical (unpaired) electrons. The minimum atomic E-state index is -2.41. The first-order valence-electron chi connectivity index (χ1n) is 13.1. The lowest BCUT2D eigenvalue weighted by Gasteiger charge is -2.39. The number of carbonyl (C=O) groups is 7. The van der Waals surface area contributed by atoms with E-state index in [0.29, 0.717) is 0 Å². The summed E-state index contributed by atoms with van der Waals surface area (Å²) >= 11 is 0. The minimum Gasteiger partial charge on any atom is -0.468 e. The summed E-state index contributed by atoms with van der Waals surface area (Å²) in [6, 6.07) is 12.3. The summed E-state index contributed by atoms with van der Waals surface area (Å²) in [6.45, 7) is 0. The Morgan fingerprint density at radius 2 is 0.976 bits per heavy atom. The Bertz CT molecular complexity index is 1440. The number of para-hydroxylation sites is 2. The van der Waals surface area contributed by atoms with Crippen LogP contribution in [-0.4, -0.2) is 85.4 Å². The van der Waals surface area contributed by atoms with E-state index in [1.165, 1.54) is 24.3 Å². The van der Waals surface area contributed by atoms with Gasteiger partial charge in [-0.25, -0.2) is 14.6 Å². The van der Waals surface area contributed by atoms with E-state index in [1.807, 2.05) is 0 Å². The van der Waals surface area contributed by atoms with Gasteiger partial charge in [0.1, 0.15) is 17.6 Å². The van der Waals surface area contributed by atoms with Crippen LogP contribution in [0.2, 0.25) is 0 Å². The maximum atomic E-state index is 14.3. The molecule has 4 fully saturated rings. The van der Waals surface area contributed by atoms with Gasteiger partial charge < -0.3 is 14.2 Å². The normalized spacial score (nSPS) is 29.3. The predicted octanol–water partition coefficient (Wildman–Crippen LogP) is -0.0778. The summed E-state index contributed by atoms with van der Waals surface area (Å²) in [4.78, 5) is 100. The number of nitrogens with zero attached hydrogens (tertiary/aromatic N) is 3. The Morgan fingerprint density at radius 1 is 0.595 bits per heavy atom. The van der Waals surface area contributed by atoms with E-state index in [4.69, 9.17) is 14.2 Å². The quantitative estimate of drug-likeness (QED) is 0.267. The molecule has 6 rings (SSSR count). The van der Waals surface area contributed by atoms with Crippen molar-refractivity contribution in [2.75, 3.05) is 31.1 Å². The molecule has 0 saturated carbocycles. The van der Waals surface area contributed by atoms with Gasteiger partial charge >= 0.3 is 17.9 Å². The van der Waals surface area contributed by atoms with Gasteiger partial charge in [-0.15, -0.1) is 0 Å². The molecular formula is C29H25N3O10. The molecular weight excluding hydrogens is 550 g/mol. The molecule has 42 heavy (non-hydrogen) atoms. The second kappa shape index (κ2) is 9.58. The minimum absolute atomic E-state index is 0.177. The van der Waals surface area contributed by atoms with Crippen LogP contribution >= 0.6 is 0 Å². The Balaban J connectivity index is 1.64. The van der Waals surface area contributed by atoms with Gasteiger partial charge in [-0.1, -0.05) is 36.4 Å². The van der Waals surface area contributed by atoms with E-state index in [2.05, 4.69) is 0 Å². The fourth-order valence-electron chi connectivity index (χ4n) is 7.39. The molecule has 4 saturated heterocycles. The number of carbonyl (C=O) groups excluding carboxylic acids is 7. The van der Waals surface area contributed by atoms with Crippen LogP contribution in [0.3, 0.4) is 0 Å². The van der Waals surface area contributed by atoms with E-state index in [1.54, 1.807) is 36.4 Å². The molecule has 0 aromatic heterocycles. The number of hydrogen-bond donors (Lipinski definition) is 0. The zero-order valence-electron chi connectivity index (χ0n) is 22.7. The third kappa shape index (κ3) is 3.19. The maximum absolute atomic E-state index is 14.3. The molecule has 0 bridgehead atoms. The molecule has 0 spiro atoms. The van der Waals surface area contributed by atoms with Crippen molar-refractivity contribution >= 4 is 52.9 Å². The standard InChI is InChI=1S/C29H25N3O10/c1-40-26(37)20-16-18(24(35)30(22(16)33)14-10-6-4-7-11-14)29(28(39)42-3)19-17(21(32(20)29)27(38)41-2)23(34)31(25(19)36)15-12-8-5-9-13-15/h4-13,16-21H,1-3H3/t16-,17-,18-,19-,20+,21+/m0/s1. The Morgan fingerprint density at radius 3 is 1.31 bits per heavy atom. The molecule has 4 heterocycles. The van der Waals surface area contributed by atoms with E-state index in [9.17, 15) is 33.6 Å². The SMILES string of the molecule is COC(=O)[C@H]1[C@H]2C(=O)N(c3ccccc3)C(=O)[C@H]2C2(C(=O)OC)[C@@H]3C(=O)N(c4ccccc4)C(=O)[C@@H]3[C@H](C(=O)OC)N12. The Labute approximate surface area is 238 Å². The third-order valence-corrected chi connectivity index (χ3v) is 8.78. The van der Waals surface area contributed by atoms with E-state index >= 15 is 0 Å². The van der Waals surface area contributed by atoms with Crippen molar-refractivity contribution in [1.82, 2.24) is 4.90 Å². The lowest BCUT2D eigenvalue weighted by Crippen LogP contribution is -2.64. The maximum Gasteiger partial charge on any atom is 0.328 e. The van der Waals surface area contributed by atoms with Gasteiger partial charge in [0.15, 0.2) is 0 Å². The van der Waals surface area contributed by atoms with Crippen LogP contribution in [0.1, 0.15) is 0 Å². The number of methoxy groups -OCH3 is 3. The van der Waals surface area contributed by atoms with Crippen molar-refractivity contribution in [2.24, 2.45) is 23.7 Å². The van der Waals surface area contributed by atoms with Crippen LogP contribution in [0.4, 0.5) is 11.4 Å². The molecule has 2 aromatic rings. The van der Waals surface area contributed by atoms with Crippen LogP contribution in [0.15, 0.2) is 60.7 Å². The first-order chi connectivity index (χ1) is 20.2. The molecule has 13 nitrogen and oxygen atoms in total. The number of anilines is 2. The molecule has 0 aliphatic carbocycles. The number of rotatable bonds is 5. The average Bonchev–Trinajstić information content (AvgIpc) is 3.66. The number of hydrogen-bond acceptors (Lipinski definition) is 11. The second-order valence-electron chi connectivity index (χ2n) is 10.4. The number of imide groups is 2. The number of fused-ring (bicyclic) bond motifs is 5. The van der Waals surface area contributed by atoms with Crippen molar-refractivity contribution in [3.8, 4) is 0 Å². The van der Waals surface area contributed by atoms with Gasteiger partial charge in [-0.05, 0) is 24.3 Å². The fourth-order valence-corrected chi connectivity index (χ4v) is 7.39. The van der Waals surface area contributed by atoms with Crippen molar-refractivity contribution in [3.63, 3.8) is 0 Å². The van der Waals surface area contributed by atoms with Crippen LogP contribution in [-0.2, 0) is 47.8 Å². The summed E-state index contributed by atoms with van der Waals surface area (Å²) in [6.07, 6.45) is 0. The molecule has 4 aliphatic heterocycles. The number of ether oxygens (including phenoxy) is 3. The second-order valence-corrected chi connectivity index (χ2v) is 10.4. The lowest BCUT2D eigenvalue weighted by atomic mass is 9.70. The Kier molecular flexibility index (Phi) is 6.22. The molecule has 216 valence electrons. The molecule has 4 amide bonds. The fraction of sp³-hybridized carbons (Fsp3) is 0.345. The topological polar surface area (TPSA) is 157 Å². The van der Waals surface area contributed by atoms with Gasteiger partial charge in [-0.2, -0.15) is 0 Å². The number of benzene rings is 2. The summed E-state index contributed by atoms with van der Waals surface area (Å²) in [5, 5.41) is 0. The van der Waals surface area contributed by atoms with Gasteiger partial charge in [0.2, 0.25) is 23.6 Å². The molecule has 4 aliphatic rings. The zero-order valence-corrected chi connectivity index (χ0v) is 22.7. The molecule has 13 heteroatoms. The van der Waals surface area contributed by atoms with Crippen LogP contribution in [0.5, 0.6) is 0 Å². The predicted molar refractivity (Wildman–Crippen MR) is 140 cm³/mol. The number of amides is 4. The highest BCUT2D eigenvalue weighted by Crippen LogP contribution is 2.63. The van der Waals surface area contributed by atoms with Crippen LogP contribution in [0, 0.1) is 23.7 Å². The highest BCUT2D eigenvalue weighted by atomic mass is 16.5. The van der Waals surface area contributed by atoms with Gasteiger partial charge in [0.05, 0.1) is 56.4 Å². The Hall–Kier alpha value is -4.91. The lowest BCUT2D eigenvalue weighted by molar-refractivity contribution is -0.168. The van der Waals surface area contributed by atoms with Crippen molar-refractivity contribution in [2.45, 2.75) is 17.6 Å². The monoisotopic (exact) mass is 575 g/mol. The van der Waals surface area contributed by atoms with Gasteiger partial charge in [0, 0.05) is 0 Å². The van der Waals surface area contributed by atoms with Crippen molar-refractivity contribution in [1.29, 1.82) is 0 Å². The van der Waals surface area contributed by atoms with E-state index < -0.39 is 82.8 Å². The van der Waals surface area contributed by atoms with Crippen molar-refractivity contribution in [3.05, 3.63) is 60.7 Å². The van der Waals surface area contributed by atoms with Crippen LogP contribution in [0.25, 0.3) is 0 Å². The number of esters is 3. The molecule has 0 N–H and O–H groups in total. The van der Waals surface area contributed by atoms with Crippen molar-refractivity contribution < 1.29 is 47.8 Å². The van der Waals surface area contributed by atoms with Gasteiger partial charge in [0.25, 0.3) is 0 Å². The summed E-state index contributed by atoms with van der Waals surface area (Å²) in [5.74, 6) is -13.1. The summed E-state index contributed by atoms with van der Waals surface area (Å²) < 4.78 is 15.2. The molecule has 2 aromatic carbocycles. The largest absolute Gasteiger partial charge is 0.468 e. The first kappa shape index (κ1) is 27.3. The zero-order chi connectivity index (χ0) is 30.1. The smallest absolute Gasteiger partial charge is 0.328 e. The van der Waals surface area contributed by atoms with E-state index in [-0.39, 0.29) is 11.4 Å². The van der Waals surface area contributed by atoms with E-state index in [0.717, 1.165) is 36.0 Å². The molecule has 6 atom stereocenters. The summed E-state index contributed by atoms with van der Waals surface area (Å²) in [5.41, 5.74) is -2.05. The highest BCUT2D eigenvalue weighted by molar-refractivity contribution is 6.29. The highest BCUT2D eigenvalue weighted by Gasteiger charge is 2.86. The third-order valence-electron chi connectivity index (χ3n) is 8.78. The molecule has 0 unspecified atom stereocenters. The van der Waals surface area contributed by atoms with Gasteiger partial charge in [-0.3, -0.25) is 33.7 Å². The first-order valence-corrected chi connectivity index (χ1v) is 13.1. The average molecular weight is 576 g/mol. The summed E-state index contributed by atoms with van der Waals surface area (Å²) in [7, 11) is 3.11. The van der Waals surface area contributed by atoms with Crippen LogP contribution < -0.4 is 9.80 Å².